The highest BCUT2D eigenvalue weighted by molar-refractivity contribution is 6.30. The lowest BCUT2D eigenvalue weighted by molar-refractivity contribution is -0.274. The van der Waals surface area contributed by atoms with Gasteiger partial charge in [0, 0.05) is 17.1 Å². The number of benzene rings is 2. The number of nitrogens with one attached hydrogen (secondary N) is 1. The van der Waals surface area contributed by atoms with E-state index in [1.165, 1.54) is 12.1 Å². The maximum absolute atomic E-state index is 12.1. The van der Waals surface area contributed by atoms with Crippen LogP contribution in [-0.2, 0) is 16.0 Å². The van der Waals surface area contributed by atoms with Gasteiger partial charge < -0.3 is 15.2 Å². The zero-order chi connectivity index (χ0) is 20.0. The Morgan fingerprint density at radius 3 is 2.19 bits per heavy atom. The number of alkyl halides is 3. The van der Waals surface area contributed by atoms with Crippen LogP contribution < -0.4 is 10.1 Å². The molecule has 0 aliphatic heterocycles. The van der Waals surface area contributed by atoms with Gasteiger partial charge in [-0.2, -0.15) is 0 Å². The van der Waals surface area contributed by atoms with E-state index < -0.39 is 29.9 Å². The van der Waals surface area contributed by atoms with Gasteiger partial charge in [-0.25, -0.2) is 0 Å². The van der Waals surface area contributed by atoms with Crippen LogP contribution in [0.2, 0.25) is 5.02 Å². The zero-order valence-electron chi connectivity index (χ0n) is 13.8. The van der Waals surface area contributed by atoms with Gasteiger partial charge in [-0.05, 0) is 48.4 Å². The Labute approximate surface area is 157 Å². The number of halogens is 4. The smallest absolute Gasteiger partial charge is 0.481 e. The molecule has 0 aliphatic carbocycles. The van der Waals surface area contributed by atoms with Crippen LogP contribution in [0.1, 0.15) is 12.0 Å². The van der Waals surface area contributed by atoms with Crippen molar-refractivity contribution in [2.24, 2.45) is 5.92 Å². The maximum Gasteiger partial charge on any atom is 0.573 e. The lowest BCUT2D eigenvalue weighted by Crippen LogP contribution is -2.24. The van der Waals surface area contributed by atoms with Crippen LogP contribution in [0.4, 0.5) is 18.9 Å². The van der Waals surface area contributed by atoms with Crippen LogP contribution >= 0.6 is 11.6 Å². The first-order valence-electron chi connectivity index (χ1n) is 7.75. The topological polar surface area (TPSA) is 75.6 Å². The van der Waals surface area contributed by atoms with E-state index in [2.05, 4.69) is 10.1 Å². The van der Waals surface area contributed by atoms with Gasteiger partial charge in [-0.15, -0.1) is 13.2 Å². The van der Waals surface area contributed by atoms with Crippen molar-refractivity contribution in [3.05, 3.63) is 59.1 Å². The molecule has 0 spiro atoms. The number of rotatable bonds is 7. The van der Waals surface area contributed by atoms with Crippen molar-refractivity contribution in [2.45, 2.75) is 19.2 Å². The average molecular weight is 402 g/mol. The number of ether oxygens (including phenoxy) is 1. The van der Waals surface area contributed by atoms with Crippen LogP contribution in [0.5, 0.6) is 5.75 Å². The van der Waals surface area contributed by atoms with Gasteiger partial charge in [0.05, 0.1) is 5.92 Å². The lowest BCUT2D eigenvalue weighted by Gasteiger charge is -2.13. The third-order valence-corrected chi connectivity index (χ3v) is 3.80. The van der Waals surface area contributed by atoms with Crippen LogP contribution in [0.15, 0.2) is 48.5 Å². The second-order valence-electron chi connectivity index (χ2n) is 5.69. The molecule has 2 aromatic carbocycles. The monoisotopic (exact) mass is 401 g/mol. The maximum atomic E-state index is 12.1. The van der Waals surface area contributed by atoms with E-state index in [0.717, 1.165) is 12.1 Å². The van der Waals surface area contributed by atoms with Crippen LogP contribution in [0, 0.1) is 5.92 Å². The number of anilines is 1. The highest BCUT2D eigenvalue weighted by Crippen LogP contribution is 2.24. The van der Waals surface area contributed by atoms with Gasteiger partial charge in [-0.1, -0.05) is 23.7 Å². The van der Waals surface area contributed by atoms with E-state index in [1.54, 1.807) is 24.3 Å². The van der Waals surface area contributed by atoms with Gasteiger partial charge in [0.1, 0.15) is 5.75 Å². The minimum atomic E-state index is -4.80. The highest BCUT2D eigenvalue weighted by atomic mass is 35.5. The Bertz CT molecular complexity index is 792. The summed E-state index contributed by atoms with van der Waals surface area (Å²) in [5.74, 6) is -3.08. The molecular formula is C18H15ClF3NO4. The quantitative estimate of drug-likeness (QED) is 0.715. The number of aliphatic carboxylic acids is 1. The minimum absolute atomic E-state index is 0.137. The van der Waals surface area contributed by atoms with Crippen LogP contribution in [0.3, 0.4) is 0 Å². The Balaban J connectivity index is 1.95. The van der Waals surface area contributed by atoms with E-state index in [4.69, 9.17) is 11.6 Å². The average Bonchev–Trinajstić information content (AvgIpc) is 2.56. The minimum Gasteiger partial charge on any atom is -0.481 e. The number of amides is 1. The summed E-state index contributed by atoms with van der Waals surface area (Å²) in [6, 6.07) is 11.2. The summed E-state index contributed by atoms with van der Waals surface area (Å²) in [6.07, 6.45) is -4.96. The van der Waals surface area contributed by atoms with Gasteiger partial charge in [-0.3, -0.25) is 9.59 Å². The molecular weight excluding hydrogens is 387 g/mol. The molecule has 0 bridgehead atoms. The van der Waals surface area contributed by atoms with Crippen molar-refractivity contribution in [2.75, 3.05) is 5.32 Å². The molecule has 0 heterocycles. The van der Waals surface area contributed by atoms with E-state index in [-0.39, 0.29) is 18.5 Å². The first-order valence-corrected chi connectivity index (χ1v) is 8.13. The van der Waals surface area contributed by atoms with Crippen LogP contribution in [0.25, 0.3) is 0 Å². The number of hydrogen-bond donors (Lipinski definition) is 2. The summed E-state index contributed by atoms with van der Waals surface area (Å²) in [7, 11) is 0. The molecule has 0 aromatic heterocycles. The molecule has 0 saturated heterocycles. The fourth-order valence-corrected chi connectivity index (χ4v) is 2.45. The van der Waals surface area contributed by atoms with Gasteiger partial charge in [0.2, 0.25) is 5.91 Å². The Morgan fingerprint density at radius 1 is 1.07 bits per heavy atom. The van der Waals surface area contributed by atoms with Crippen molar-refractivity contribution in [3.8, 4) is 5.75 Å². The third-order valence-electron chi connectivity index (χ3n) is 3.55. The summed E-state index contributed by atoms with van der Waals surface area (Å²) < 4.78 is 40.1. The standard InChI is InChI=1S/C18H15ClF3NO4/c19-13-3-1-11(2-4-13)9-12(17(25)26)10-16(24)23-14-5-7-15(8-6-14)27-18(20,21)22/h1-8,12H,9-10H2,(H,23,24)(H,25,26)/t12-/m1/s1. The van der Waals surface area contributed by atoms with Crippen molar-refractivity contribution >= 4 is 29.2 Å². The molecule has 2 N–H and O–H groups in total. The highest BCUT2D eigenvalue weighted by Gasteiger charge is 2.31. The molecule has 0 saturated carbocycles. The van der Waals surface area contributed by atoms with E-state index in [9.17, 15) is 27.9 Å². The van der Waals surface area contributed by atoms with Crippen molar-refractivity contribution < 1.29 is 32.6 Å². The normalized spacial score (nSPS) is 12.3. The number of carboxylic acids is 1. The number of hydrogen-bond acceptors (Lipinski definition) is 3. The summed E-state index contributed by atoms with van der Waals surface area (Å²) in [4.78, 5) is 23.5. The fourth-order valence-electron chi connectivity index (χ4n) is 2.33. The number of carbonyl (C=O) groups excluding carboxylic acids is 1. The van der Waals surface area contributed by atoms with Crippen molar-refractivity contribution in [3.63, 3.8) is 0 Å². The molecule has 1 atom stereocenters. The van der Waals surface area contributed by atoms with E-state index >= 15 is 0 Å². The Morgan fingerprint density at radius 2 is 1.67 bits per heavy atom. The molecule has 9 heteroatoms. The molecule has 144 valence electrons. The van der Waals surface area contributed by atoms with Gasteiger partial charge in [0.15, 0.2) is 0 Å². The summed E-state index contributed by atoms with van der Waals surface area (Å²) in [6.45, 7) is 0. The summed E-state index contributed by atoms with van der Waals surface area (Å²) >= 11 is 5.78. The predicted molar refractivity (Wildman–Crippen MR) is 92.7 cm³/mol. The number of carboxylic acid groups (broad SMARTS) is 1. The molecule has 27 heavy (non-hydrogen) atoms. The number of carbonyl (C=O) groups is 2. The SMILES string of the molecule is O=C(C[C@@H](Cc1ccc(Cl)cc1)C(=O)O)Nc1ccc(OC(F)(F)F)cc1. The van der Waals surface area contributed by atoms with Crippen LogP contribution in [-0.4, -0.2) is 23.3 Å². The molecule has 2 aromatic rings. The summed E-state index contributed by atoms with van der Waals surface area (Å²) in [5, 5.41) is 12.3. The second kappa shape index (κ2) is 8.77. The first kappa shape index (κ1) is 20.6. The van der Waals surface area contributed by atoms with E-state index in [1.807, 2.05) is 0 Å². The molecule has 0 unspecified atom stereocenters. The molecule has 0 fully saturated rings. The zero-order valence-corrected chi connectivity index (χ0v) is 14.6. The molecule has 0 radical (unpaired) electrons. The molecule has 2 rings (SSSR count). The predicted octanol–water partition coefficient (Wildman–Crippen LogP) is 4.51. The second-order valence-corrected chi connectivity index (χ2v) is 6.13. The first-order chi connectivity index (χ1) is 12.6. The Kier molecular flexibility index (Phi) is 6.68. The fraction of sp³-hybridized carbons (Fsp3) is 0.222. The largest absolute Gasteiger partial charge is 0.573 e. The van der Waals surface area contributed by atoms with Gasteiger partial charge in [0.25, 0.3) is 0 Å². The van der Waals surface area contributed by atoms with Crippen molar-refractivity contribution in [1.82, 2.24) is 0 Å². The molecule has 1 amide bonds. The Hall–Kier alpha value is -2.74. The summed E-state index contributed by atoms with van der Waals surface area (Å²) in [5.41, 5.74) is 0.943. The molecule has 5 nitrogen and oxygen atoms in total. The van der Waals surface area contributed by atoms with E-state index in [0.29, 0.717) is 10.6 Å². The molecule has 0 aliphatic rings. The third kappa shape index (κ3) is 7.18. The van der Waals surface area contributed by atoms with Gasteiger partial charge >= 0.3 is 12.3 Å². The lowest BCUT2D eigenvalue weighted by atomic mass is 9.96. The van der Waals surface area contributed by atoms with Crippen molar-refractivity contribution in [1.29, 1.82) is 0 Å².